The zero-order valence-electron chi connectivity index (χ0n) is 12.2. The van der Waals surface area contributed by atoms with Gasteiger partial charge in [-0.05, 0) is 23.3 Å². The van der Waals surface area contributed by atoms with Crippen molar-refractivity contribution in [2.24, 2.45) is 0 Å². The Hall–Kier alpha value is -2.74. The Morgan fingerprint density at radius 1 is 1.00 bits per heavy atom. The average Bonchev–Trinajstić information content (AvgIpc) is 2.76. The fraction of sp³-hybridized carbons (Fsp3) is 0.0526. The summed E-state index contributed by atoms with van der Waals surface area (Å²) in [5.74, 6) is -0.832. The summed E-state index contributed by atoms with van der Waals surface area (Å²) in [5.41, 5.74) is 11.8. The van der Waals surface area contributed by atoms with Gasteiger partial charge in [0.15, 0.2) is 0 Å². The van der Waals surface area contributed by atoms with Crippen LogP contribution in [0, 0.1) is 0 Å². The first-order valence-corrected chi connectivity index (χ1v) is 7.54. The highest BCUT2D eigenvalue weighted by Gasteiger charge is 2.33. The number of carbonyl (C=O) groups is 1. The monoisotopic (exact) mass is 320 g/mol. The van der Waals surface area contributed by atoms with E-state index in [0.29, 0.717) is 10.6 Å². The Morgan fingerprint density at radius 3 is 2.43 bits per heavy atom. The molecule has 2 aromatic rings. The lowest BCUT2D eigenvalue weighted by atomic mass is 9.87. The maximum Gasteiger partial charge on any atom is 0.350 e. The summed E-state index contributed by atoms with van der Waals surface area (Å²) in [6.45, 7) is 0. The molecule has 3 rings (SSSR count). The lowest BCUT2D eigenvalue weighted by Crippen LogP contribution is -2.23. The molecular formula is C19H13ClN2O. The molecule has 0 amide bonds. The van der Waals surface area contributed by atoms with Crippen molar-refractivity contribution in [3.05, 3.63) is 94.0 Å². The standard InChI is InChI=1S/C19H13ClN2O/c20-15-11-10-13-6-4-5-9-16(13)17(12-15)18(22-21)19(23)14-7-2-1-3-8-14/h1-12,17H. The Morgan fingerprint density at radius 2 is 1.70 bits per heavy atom. The number of hydrogen-bond acceptors (Lipinski definition) is 1. The van der Waals surface area contributed by atoms with Crippen LogP contribution in [0.2, 0.25) is 0 Å². The molecule has 0 bridgehead atoms. The minimum atomic E-state index is -0.508. The molecule has 0 N–H and O–H groups in total. The third kappa shape index (κ3) is 3.07. The summed E-state index contributed by atoms with van der Waals surface area (Å²) in [6, 6.07) is 16.4. The van der Waals surface area contributed by atoms with Crippen molar-refractivity contribution >= 4 is 29.2 Å². The number of carbonyl (C=O) groups excluding carboxylic acids is 1. The van der Waals surface area contributed by atoms with Crippen LogP contribution in [0.1, 0.15) is 27.4 Å². The van der Waals surface area contributed by atoms with Gasteiger partial charge in [0, 0.05) is 10.6 Å². The molecule has 0 aromatic heterocycles. The van der Waals surface area contributed by atoms with Crippen molar-refractivity contribution in [1.82, 2.24) is 0 Å². The van der Waals surface area contributed by atoms with E-state index in [1.54, 1.807) is 36.4 Å². The predicted molar refractivity (Wildman–Crippen MR) is 91.6 cm³/mol. The quantitative estimate of drug-likeness (QED) is 0.356. The highest BCUT2D eigenvalue weighted by atomic mass is 35.5. The van der Waals surface area contributed by atoms with Gasteiger partial charge in [0.25, 0.3) is 5.78 Å². The van der Waals surface area contributed by atoms with Gasteiger partial charge in [0.1, 0.15) is 5.92 Å². The Kier molecular flexibility index (Phi) is 4.33. The van der Waals surface area contributed by atoms with E-state index in [-0.39, 0.29) is 11.5 Å². The van der Waals surface area contributed by atoms with Gasteiger partial charge in [-0.15, -0.1) is 0 Å². The fourth-order valence-electron chi connectivity index (χ4n) is 2.63. The molecule has 0 saturated heterocycles. The topological polar surface area (TPSA) is 53.5 Å². The molecule has 0 spiro atoms. The summed E-state index contributed by atoms with van der Waals surface area (Å²) in [4.78, 5) is 16.0. The number of Topliss-reactive ketones (excluding diaryl/α,β-unsaturated/α-hetero) is 1. The normalized spacial score (nSPS) is 15.9. The lowest BCUT2D eigenvalue weighted by Gasteiger charge is -2.11. The summed E-state index contributed by atoms with van der Waals surface area (Å²) < 4.78 is 0. The smallest absolute Gasteiger partial charge is 0.350 e. The molecule has 0 heterocycles. The maximum absolute atomic E-state index is 12.7. The molecule has 3 nitrogen and oxygen atoms in total. The van der Waals surface area contributed by atoms with Crippen molar-refractivity contribution in [2.45, 2.75) is 5.92 Å². The number of benzene rings is 2. The molecule has 4 heteroatoms. The van der Waals surface area contributed by atoms with Crippen LogP contribution in [-0.4, -0.2) is 16.3 Å². The Bertz CT molecular complexity index is 862. The summed E-state index contributed by atoms with van der Waals surface area (Å²) in [6.07, 6.45) is 5.37. The van der Waals surface area contributed by atoms with Crippen LogP contribution in [0.3, 0.4) is 0 Å². The van der Waals surface area contributed by atoms with Crippen molar-refractivity contribution in [1.29, 1.82) is 0 Å². The number of allylic oxidation sites excluding steroid dienone is 3. The molecule has 0 saturated carbocycles. The lowest BCUT2D eigenvalue weighted by molar-refractivity contribution is -0.00959. The molecule has 23 heavy (non-hydrogen) atoms. The van der Waals surface area contributed by atoms with Gasteiger partial charge in [-0.3, -0.25) is 4.79 Å². The molecule has 1 unspecified atom stereocenters. The highest BCUT2D eigenvalue weighted by molar-refractivity contribution is 6.46. The van der Waals surface area contributed by atoms with Crippen molar-refractivity contribution in [2.75, 3.05) is 0 Å². The second-order valence-electron chi connectivity index (χ2n) is 5.17. The Labute approximate surface area is 139 Å². The van der Waals surface area contributed by atoms with Crippen molar-refractivity contribution < 1.29 is 9.58 Å². The van der Waals surface area contributed by atoms with E-state index in [9.17, 15) is 10.3 Å². The van der Waals surface area contributed by atoms with E-state index >= 15 is 0 Å². The summed E-state index contributed by atoms with van der Waals surface area (Å²) in [5, 5.41) is 0.494. The molecular weight excluding hydrogens is 308 g/mol. The highest BCUT2D eigenvalue weighted by Crippen LogP contribution is 2.30. The van der Waals surface area contributed by atoms with E-state index in [2.05, 4.69) is 4.79 Å². The summed E-state index contributed by atoms with van der Waals surface area (Å²) >= 11 is 6.18. The van der Waals surface area contributed by atoms with Crippen LogP contribution >= 0.6 is 11.6 Å². The van der Waals surface area contributed by atoms with Crippen LogP contribution in [0.15, 0.2) is 71.8 Å². The Balaban J connectivity index is 2.10. The first kappa shape index (κ1) is 15.2. The number of ketones is 1. The van der Waals surface area contributed by atoms with Gasteiger partial charge in [-0.25, -0.2) is 0 Å². The van der Waals surface area contributed by atoms with Crippen molar-refractivity contribution in [3.8, 4) is 0 Å². The molecule has 1 atom stereocenters. The second kappa shape index (κ2) is 6.57. The van der Waals surface area contributed by atoms with E-state index in [0.717, 1.165) is 11.1 Å². The number of halogens is 1. The first-order chi connectivity index (χ1) is 11.2. The SMILES string of the molecule is [N-]=[N+]=C(C(=O)c1ccccc1)C1C=C(Cl)C=Cc2ccccc21. The number of rotatable bonds is 3. The number of fused-ring (bicyclic) bond motifs is 1. The minimum absolute atomic E-state index is 0.0468. The van der Waals surface area contributed by atoms with E-state index < -0.39 is 5.92 Å². The summed E-state index contributed by atoms with van der Waals surface area (Å²) in [7, 11) is 0. The van der Waals surface area contributed by atoms with Crippen LogP contribution in [0.4, 0.5) is 0 Å². The van der Waals surface area contributed by atoms with Crippen LogP contribution in [0.25, 0.3) is 11.6 Å². The fourth-order valence-corrected chi connectivity index (χ4v) is 2.82. The van der Waals surface area contributed by atoms with Gasteiger partial charge >= 0.3 is 5.71 Å². The van der Waals surface area contributed by atoms with Gasteiger partial charge in [0.05, 0.1) is 0 Å². The second-order valence-corrected chi connectivity index (χ2v) is 5.61. The molecule has 1 aliphatic carbocycles. The molecule has 0 fully saturated rings. The number of hydrogen-bond donors (Lipinski definition) is 0. The van der Waals surface area contributed by atoms with Gasteiger partial charge in [-0.2, -0.15) is 4.79 Å². The third-order valence-corrected chi connectivity index (χ3v) is 4.00. The molecule has 1 aliphatic rings. The van der Waals surface area contributed by atoms with Crippen LogP contribution in [0.5, 0.6) is 0 Å². The maximum atomic E-state index is 12.7. The predicted octanol–water partition coefficient (Wildman–Crippen LogP) is 4.47. The molecule has 112 valence electrons. The zero-order valence-corrected chi connectivity index (χ0v) is 12.9. The van der Waals surface area contributed by atoms with E-state index in [1.807, 2.05) is 36.4 Å². The average molecular weight is 321 g/mol. The van der Waals surface area contributed by atoms with Gasteiger partial charge < -0.3 is 5.53 Å². The molecule has 0 aliphatic heterocycles. The minimum Gasteiger partial charge on any atom is -0.361 e. The van der Waals surface area contributed by atoms with Gasteiger partial charge in [-0.1, -0.05) is 72.3 Å². The van der Waals surface area contributed by atoms with Crippen molar-refractivity contribution in [3.63, 3.8) is 0 Å². The van der Waals surface area contributed by atoms with Crippen LogP contribution in [-0.2, 0) is 0 Å². The molecule has 2 aromatic carbocycles. The zero-order chi connectivity index (χ0) is 16.2. The van der Waals surface area contributed by atoms with E-state index in [1.165, 1.54) is 0 Å². The van der Waals surface area contributed by atoms with E-state index in [4.69, 9.17) is 11.6 Å². The number of nitrogens with zero attached hydrogens (tertiary/aromatic N) is 2. The largest absolute Gasteiger partial charge is 0.361 e. The third-order valence-electron chi connectivity index (χ3n) is 3.75. The van der Waals surface area contributed by atoms with Gasteiger partial charge in [0.2, 0.25) is 0 Å². The van der Waals surface area contributed by atoms with Crippen LogP contribution < -0.4 is 0 Å². The first-order valence-electron chi connectivity index (χ1n) is 7.16. The molecule has 0 radical (unpaired) electrons.